The monoisotopic (exact) mass is 537 g/mol. The first kappa shape index (κ1) is 26.6. The Morgan fingerprint density at radius 1 is 1.05 bits per heavy atom. The van der Waals surface area contributed by atoms with Gasteiger partial charge in [0.2, 0.25) is 11.9 Å². The summed E-state index contributed by atoms with van der Waals surface area (Å²) in [5.74, 6) is 0.134. The predicted octanol–water partition coefficient (Wildman–Crippen LogP) is 5.75. The van der Waals surface area contributed by atoms with Crippen molar-refractivity contribution in [3.05, 3.63) is 79.6 Å². The number of pyridine rings is 1. The SMILES string of the molecule is C=CC(=O)Nc1ccnc(-c2cccc3cnc(Nc4ccc(NC5CN(C(=O)O)C5C(C)(C)C)cc4)nc23)c1. The maximum absolute atomic E-state index is 11.7. The number of nitrogens with one attached hydrogen (secondary N) is 3. The van der Waals surface area contributed by atoms with Crippen molar-refractivity contribution in [1.29, 1.82) is 0 Å². The third kappa shape index (κ3) is 5.56. The van der Waals surface area contributed by atoms with Crippen LogP contribution in [0.5, 0.6) is 0 Å². The lowest BCUT2D eigenvalue weighted by Gasteiger charge is -2.53. The molecular formula is C30H31N7O3. The van der Waals surface area contributed by atoms with E-state index in [0.29, 0.717) is 23.9 Å². The van der Waals surface area contributed by atoms with Crippen LogP contribution in [-0.4, -0.2) is 55.6 Å². The minimum atomic E-state index is -0.890. The summed E-state index contributed by atoms with van der Waals surface area (Å²) in [5.41, 5.74) is 4.34. The fourth-order valence-electron chi connectivity index (χ4n) is 5.06. The second-order valence-corrected chi connectivity index (χ2v) is 10.8. The van der Waals surface area contributed by atoms with E-state index in [9.17, 15) is 14.7 Å². The van der Waals surface area contributed by atoms with Crippen LogP contribution in [0.3, 0.4) is 0 Å². The number of hydrogen-bond acceptors (Lipinski definition) is 7. The summed E-state index contributed by atoms with van der Waals surface area (Å²) in [6.45, 7) is 10.1. The van der Waals surface area contributed by atoms with Crippen molar-refractivity contribution in [3.8, 4) is 11.3 Å². The molecule has 2 amide bonds. The predicted molar refractivity (Wildman–Crippen MR) is 157 cm³/mol. The molecular weight excluding hydrogens is 506 g/mol. The average Bonchev–Trinajstić information content (AvgIpc) is 2.90. The van der Waals surface area contributed by atoms with Crippen molar-refractivity contribution in [2.24, 2.45) is 5.41 Å². The van der Waals surface area contributed by atoms with Crippen LogP contribution in [0.15, 0.2) is 79.6 Å². The van der Waals surface area contributed by atoms with Crippen LogP contribution in [0, 0.1) is 5.41 Å². The van der Waals surface area contributed by atoms with Crippen molar-refractivity contribution in [2.45, 2.75) is 32.9 Å². The highest BCUT2D eigenvalue weighted by Crippen LogP contribution is 2.36. The summed E-state index contributed by atoms with van der Waals surface area (Å²) in [6.07, 6.45) is 3.72. The number of amides is 2. The summed E-state index contributed by atoms with van der Waals surface area (Å²) >= 11 is 0. The smallest absolute Gasteiger partial charge is 0.407 e. The molecule has 0 radical (unpaired) electrons. The van der Waals surface area contributed by atoms with Gasteiger partial charge < -0.3 is 26.0 Å². The van der Waals surface area contributed by atoms with Crippen molar-refractivity contribution < 1.29 is 14.7 Å². The number of fused-ring (bicyclic) bond motifs is 1. The molecule has 2 atom stereocenters. The number of rotatable bonds is 7. The zero-order valence-electron chi connectivity index (χ0n) is 22.5. The number of nitrogens with zero attached hydrogens (tertiary/aromatic N) is 4. The van der Waals surface area contributed by atoms with Gasteiger partial charge in [-0.15, -0.1) is 0 Å². The fourth-order valence-corrected chi connectivity index (χ4v) is 5.06. The number of carbonyl (C=O) groups is 2. The number of benzene rings is 2. The number of anilines is 4. The number of aromatic nitrogens is 3. The molecule has 0 bridgehead atoms. The second-order valence-electron chi connectivity index (χ2n) is 10.8. The first-order chi connectivity index (χ1) is 19.1. The van der Waals surface area contributed by atoms with E-state index in [1.54, 1.807) is 24.5 Å². The zero-order chi connectivity index (χ0) is 28.4. The number of carbonyl (C=O) groups excluding carboxylic acids is 1. The number of carboxylic acid groups (broad SMARTS) is 1. The van der Waals surface area contributed by atoms with E-state index < -0.39 is 6.09 Å². The van der Waals surface area contributed by atoms with Gasteiger partial charge in [0.25, 0.3) is 0 Å². The molecule has 1 fully saturated rings. The third-order valence-electron chi connectivity index (χ3n) is 6.84. The molecule has 10 heteroatoms. The molecule has 1 aliphatic heterocycles. The van der Waals surface area contributed by atoms with Crippen molar-refractivity contribution >= 4 is 45.9 Å². The Kier molecular flexibility index (Phi) is 7.08. The van der Waals surface area contributed by atoms with Crippen LogP contribution >= 0.6 is 0 Å². The number of likely N-dealkylation sites (tertiary alicyclic amines) is 1. The van der Waals surface area contributed by atoms with E-state index in [1.807, 2.05) is 42.5 Å². The Morgan fingerprint density at radius 2 is 1.80 bits per heavy atom. The van der Waals surface area contributed by atoms with Crippen LogP contribution in [0.25, 0.3) is 22.2 Å². The number of hydrogen-bond donors (Lipinski definition) is 4. The van der Waals surface area contributed by atoms with Gasteiger partial charge in [0.05, 0.1) is 23.3 Å². The molecule has 0 spiro atoms. The molecule has 204 valence electrons. The lowest BCUT2D eigenvalue weighted by molar-refractivity contribution is -0.111. The third-order valence-corrected chi connectivity index (χ3v) is 6.84. The van der Waals surface area contributed by atoms with Gasteiger partial charge >= 0.3 is 6.09 Å². The molecule has 2 unspecified atom stereocenters. The van der Waals surface area contributed by atoms with E-state index in [2.05, 4.69) is 53.3 Å². The molecule has 2 aromatic heterocycles. The molecule has 40 heavy (non-hydrogen) atoms. The first-order valence-electron chi connectivity index (χ1n) is 12.9. The summed E-state index contributed by atoms with van der Waals surface area (Å²) in [5, 5.41) is 19.8. The van der Waals surface area contributed by atoms with Gasteiger partial charge in [-0.1, -0.05) is 45.5 Å². The molecule has 4 N–H and O–H groups in total. The van der Waals surface area contributed by atoms with Crippen LogP contribution in [-0.2, 0) is 4.79 Å². The van der Waals surface area contributed by atoms with E-state index in [0.717, 1.165) is 27.8 Å². The highest BCUT2D eigenvalue weighted by atomic mass is 16.4. The van der Waals surface area contributed by atoms with Gasteiger partial charge in [0.15, 0.2) is 0 Å². The van der Waals surface area contributed by atoms with Gasteiger partial charge in [-0.25, -0.2) is 14.8 Å². The molecule has 2 aromatic carbocycles. The topological polar surface area (TPSA) is 132 Å². The Hall–Kier alpha value is -4.99. The quantitative estimate of drug-likeness (QED) is 0.219. The van der Waals surface area contributed by atoms with E-state index in [-0.39, 0.29) is 23.4 Å². The molecule has 5 rings (SSSR count). The molecule has 0 saturated carbocycles. The van der Waals surface area contributed by atoms with Crippen LogP contribution < -0.4 is 16.0 Å². The number of para-hydroxylation sites is 1. The molecule has 4 aromatic rings. The zero-order valence-corrected chi connectivity index (χ0v) is 22.5. The normalized spacial score (nSPS) is 16.6. The minimum Gasteiger partial charge on any atom is -0.465 e. The summed E-state index contributed by atoms with van der Waals surface area (Å²) in [4.78, 5) is 38.5. The largest absolute Gasteiger partial charge is 0.465 e. The Bertz CT molecular complexity index is 1580. The van der Waals surface area contributed by atoms with Crippen molar-refractivity contribution in [2.75, 3.05) is 22.5 Å². The Morgan fingerprint density at radius 3 is 2.50 bits per heavy atom. The first-order valence-corrected chi connectivity index (χ1v) is 12.9. The summed E-state index contributed by atoms with van der Waals surface area (Å²) in [6, 6.07) is 17.0. The molecule has 0 aliphatic carbocycles. The van der Waals surface area contributed by atoms with Gasteiger partial charge in [-0.05, 0) is 47.9 Å². The van der Waals surface area contributed by atoms with Crippen molar-refractivity contribution in [1.82, 2.24) is 19.9 Å². The Balaban J connectivity index is 1.33. The van der Waals surface area contributed by atoms with E-state index in [1.165, 1.54) is 11.0 Å². The summed E-state index contributed by atoms with van der Waals surface area (Å²) < 4.78 is 0. The van der Waals surface area contributed by atoms with Crippen LogP contribution in [0.4, 0.5) is 27.8 Å². The van der Waals surface area contributed by atoms with Gasteiger partial charge in [-0.2, -0.15) is 0 Å². The highest BCUT2D eigenvalue weighted by Gasteiger charge is 2.48. The average molecular weight is 538 g/mol. The molecule has 1 aliphatic rings. The molecule has 10 nitrogen and oxygen atoms in total. The maximum atomic E-state index is 11.7. The Labute approximate surface area is 232 Å². The summed E-state index contributed by atoms with van der Waals surface area (Å²) in [7, 11) is 0. The lowest BCUT2D eigenvalue weighted by Crippen LogP contribution is -2.69. The van der Waals surface area contributed by atoms with E-state index in [4.69, 9.17) is 4.98 Å². The maximum Gasteiger partial charge on any atom is 0.407 e. The molecule has 1 saturated heterocycles. The van der Waals surface area contributed by atoms with Gasteiger partial charge in [0, 0.05) is 47.0 Å². The van der Waals surface area contributed by atoms with Gasteiger partial charge in [0.1, 0.15) is 0 Å². The van der Waals surface area contributed by atoms with Crippen LogP contribution in [0.1, 0.15) is 20.8 Å². The highest BCUT2D eigenvalue weighted by molar-refractivity contribution is 5.99. The van der Waals surface area contributed by atoms with Crippen molar-refractivity contribution in [3.63, 3.8) is 0 Å². The minimum absolute atomic E-state index is 0.0364. The molecule has 3 heterocycles. The van der Waals surface area contributed by atoms with Gasteiger partial charge in [-0.3, -0.25) is 9.78 Å². The van der Waals surface area contributed by atoms with E-state index >= 15 is 0 Å². The van der Waals surface area contributed by atoms with Crippen LogP contribution in [0.2, 0.25) is 0 Å². The fraction of sp³-hybridized carbons (Fsp3) is 0.233. The lowest BCUT2D eigenvalue weighted by atomic mass is 9.76. The standard InChI is InChI=1S/C30H31N7O3/c1-5-25(38)34-21-13-14-31-23(15-21)22-8-6-7-18-16-32-28(36-26(18)22)35-20-11-9-19(10-12-20)33-24-17-37(29(39)40)27(24)30(2,3)4/h5-16,24,27,33H,1,17H2,2-4H3,(H,39,40)(H,31,34,38)(H,32,35,36). The second kappa shape index (κ2) is 10.6.